The molecule has 1 saturated carbocycles. The highest BCUT2D eigenvalue weighted by Gasteiger charge is 2.24. The standard InChI is InChI=1S/C14H29N3/c1-14(2,11-16-13-5-3-4-6-13)12-17-9-7-15-8-10-17/h13,15-16H,3-12H2,1-2H3. The second-order valence-corrected chi connectivity index (χ2v) is 6.55. The molecule has 0 spiro atoms. The van der Waals surface area contributed by atoms with Gasteiger partial charge in [0.05, 0.1) is 0 Å². The fraction of sp³-hybridized carbons (Fsp3) is 1.00. The van der Waals surface area contributed by atoms with E-state index in [-0.39, 0.29) is 0 Å². The van der Waals surface area contributed by atoms with Crippen molar-refractivity contribution in [1.29, 1.82) is 0 Å². The molecule has 1 heterocycles. The largest absolute Gasteiger partial charge is 0.314 e. The normalized spacial score (nSPS) is 24.4. The van der Waals surface area contributed by atoms with Crippen LogP contribution in [0.2, 0.25) is 0 Å². The summed E-state index contributed by atoms with van der Waals surface area (Å²) in [6, 6.07) is 0.803. The first-order chi connectivity index (χ1) is 8.16. The van der Waals surface area contributed by atoms with Gasteiger partial charge in [-0.25, -0.2) is 0 Å². The number of hydrogen-bond acceptors (Lipinski definition) is 3. The minimum atomic E-state index is 0.403. The Bertz CT molecular complexity index is 216. The molecule has 0 aromatic heterocycles. The molecule has 1 aliphatic carbocycles. The van der Waals surface area contributed by atoms with Gasteiger partial charge >= 0.3 is 0 Å². The van der Waals surface area contributed by atoms with Crippen LogP contribution in [0.5, 0.6) is 0 Å². The molecule has 0 amide bonds. The third-order valence-corrected chi connectivity index (χ3v) is 4.09. The Morgan fingerprint density at radius 3 is 2.47 bits per heavy atom. The summed E-state index contributed by atoms with van der Waals surface area (Å²) in [6.07, 6.45) is 5.64. The first-order valence-electron chi connectivity index (χ1n) is 7.32. The van der Waals surface area contributed by atoms with Crippen molar-refractivity contribution in [3.63, 3.8) is 0 Å². The lowest BCUT2D eigenvalue weighted by Gasteiger charge is -2.36. The molecule has 3 nitrogen and oxygen atoms in total. The molecule has 2 N–H and O–H groups in total. The predicted octanol–water partition coefficient (Wildman–Crippen LogP) is 1.45. The number of hydrogen-bond donors (Lipinski definition) is 2. The maximum absolute atomic E-state index is 3.77. The van der Waals surface area contributed by atoms with Gasteiger partial charge in [0.25, 0.3) is 0 Å². The fourth-order valence-corrected chi connectivity index (χ4v) is 3.08. The summed E-state index contributed by atoms with van der Waals surface area (Å²) in [6.45, 7) is 11.9. The summed E-state index contributed by atoms with van der Waals surface area (Å²) in [7, 11) is 0. The van der Waals surface area contributed by atoms with Crippen LogP contribution in [0.25, 0.3) is 0 Å². The van der Waals surface area contributed by atoms with Crippen molar-refractivity contribution in [2.45, 2.75) is 45.6 Å². The second-order valence-electron chi connectivity index (χ2n) is 6.55. The zero-order valence-corrected chi connectivity index (χ0v) is 11.6. The Labute approximate surface area is 106 Å². The van der Waals surface area contributed by atoms with Crippen molar-refractivity contribution < 1.29 is 0 Å². The van der Waals surface area contributed by atoms with Gasteiger partial charge in [-0.05, 0) is 18.3 Å². The molecule has 0 atom stereocenters. The molecule has 0 radical (unpaired) electrons. The molecule has 1 saturated heterocycles. The third kappa shape index (κ3) is 4.57. The molecule has 0 aromatic carbocycles. The highest BCUT2D eigenvalue weighted by Crippen LogP contribution is 2.21. The molecule has 0 unspecified atom stereocenters. The first-order valence-corrected chi connectivity index (χ1v) is 7.32. The van der Waals surface area contributed by atoms with Crippen LogP contribution in [0.4, 0.5) is 0 Å². The van der Waals surface area contributed by atoms with Gasteiger partial charge in [0.1, 0.15) is 0 Å². The average Bonchev–Trinajstić information content (AvgIpc) is 2.80. The summed E-state index contributed by atoms with van der Waals surface area (Å²) in [4.78, 5) is 2.60. The van der Waals surface area contributed by atoms with E-state index in [0.29, 0.717) is 5.41 Å². The van der Waals surface area contributed by atoms with E-state index in [4.69, 9.17) is 0 Å². The van der Waals surface area contributed by atoms with Crippen molar-refractivity contribution in [2.24, 2.45) is 5.41 Å². The summed E-state index contributed by atoms with van der Waals surface area (Å²) < 4.78 is 0. The Morgan fingerprint density at radius 1 is 1.18 bits per heavy atom. The number of nitrogens with one attached hydrogen (secondary N) is 2. The van der Waals surface area contributed by atoms with Gasteiger partial charge in [-0.2, -0.15) is 0 Å². The zero-order valence-electron chi connectivity index (χ0n) is 11.6. The lowest BCUT2D eigenvalue weighted by Crippen LogP contribution is -2.49. The van der Waals surface area contributed by atoms with E-state index >= 15 is 0 Å². The maximum atomic E-state index is 3.77. The summed E-state index contributed by atoms with van der Waals surface area (Å²) in [5, 5.41) is 7.19. The Hall–Kier alpha value is -0.120. The summed E-state index contributed by atoms with van der Waals surface area (Å²) >= 11 is 0. The number of rotatable bonds is 5. The van der Waals surface area contributed by atoms with Crippen LogP contribution in [0.3, 0.4) is 0 Å². The van der Waals surface area contributed by atoms with Crippen molar-refractivity contribution in [2.75, 3.05) is 39.3 Å². The highest BCUT2D eigenvalue weighted by atomic mass is 15.2. The van der Waals surface area contributed by atoms with Crippen LogP contribution in [0.15, 0.2) is 0 Å². The van der Waals surface area contributed by atoms with Gasteiger partial charge < -0.3 is 15.5 Å². The molecule has 3 heteroatoms. The smallest absolute Gasteiger partial charge is 0.0108 e. The number of piperazine rings is 1. The van der Waals surface area contributed by atoms with Gasteiger partial charge in [0.15, 0.2) is 0 Å². The molecule has 100 valence electrons. The number of nitrogens with zero attached hydrogens (tertiary/aromatic N) is 1. The van der Waals surface area contributed by atoms with E-state index in [2.05, 4.69) is 29.4 Å². The van der Waals surface area contributed by atoms with Crippen LogP contribution < -0.4 is 10.6 Å². The third-order valence-electron chi connectivity index (χ3n) is 4.09. The molecule has 2 rings (SSSR count). The minimum absolute atomic E-state index is 0.403. The summed E-state index contributed by atoms with van der Waals surface area (Å²) in [5.41, 5.74) is 0.403. The van der Waals surface area contributed by atoms with Crippen LogP contribution in [0, 0.1) is 5.41 Å². The van der Waals surface area contributed by atoms with Gasteiger partial charge in [0, 0.05) is 45.3 Å². The van der Waals surface area contributed by atoms with E-state index in [1.807, 2.05) is 0 Å². The Balaban J connectivity index is 1.68. The van der Waals surface area contributed by atoms with Gasteiger partial charge in [0.2, 0.25) is 0 Å². The van der Waals surface area contributed by atoms with E-state index in [0.717, 1.165) is 19.1 Å². The topological polar surface area (TPSA) is 27.3 Å². The van der Waals surface area contributed by atoms with Crippen molar-refractivity contribution in [3.8, 4) is 0 Å². The highest BCUT2D eigenvalue weighted by molar-refractivity contribution is 4.82. The SMILES string of the molecule is CC(C)(CNC1CCCC1)CN1CCNCC1. The second kappa shape index (κ2) is 6.17. The van der Waals surface area contributed by atoms with Crippen LogP contribution >= 0.6 is 0 Å². The quantitative estimate of drug-likeness (QED) is 0.760. The first kappa shape index (κ1) is 13.3. The molecule has 1 aliphatic heterocycles. The van der Waals surface area contributed by atoms with Gasteiger partial charge in [-0.1, -0.05) is 26.7 Å². The lowest BCUT2D eigenvalue weighted by atomic mass is 9.92. The maximum Gasteiger partial charge on any atom is 0.0108 e. The Kier molecular flexibility index (Phi) is 4.83. The van der Waals surface area contributed by atoms with Crippen LogP contribution in [0.1, 0.15) is 39.5 Å². The van der Waals surface area contributed by atoms with Crippen molar-refractivity contribution in [3.05, 3.63) is 0 Å². The van der Waals surface area contributed by atoms with E-state index < -0.39 is 0 Å². The molecule has 0 aromatic rings. The van der Waals surface area contributed by atoms with Crippen LogP contribution in [-0.4, -0.2) is 50.2 Å². The zero-order chi connectivity index (χ0) is 12.1. The molecule has 2 fully saturated rings. The van der Waals surface area contributed by atoms with Crippen LogP contribution in [-0.2, 0) is 0 Å². The lowest BCUT2D eigenvalue weighted by molar-refractivity contribution is 0.155. The van der Waals surface area contributed by atoms with Crippen molar-refractivity contribution >= 4 is 0 Å². The Morgan fingerprint density at radius 2 is 1.82 bits per heavy atom. The van der Waals surface area contributed by atoms with E-state index in [1.165, 1.54) is 51.9 Å². The van der Waals surface area contributed by atoms with E-state index in [9.17, 15) is 0 Å². The molecular weight excluding hydrogens is 210 g/mol. The molecular formula is C14H29N3. The van der Waals surface area contributed by atoms with Gasteiger partial charge in [-0.3, -0.25) is 0 Å². The predicted molar refractivity (Wildman–Crippen MR) is 73.3 cm³/mol. The molecule has 0 bridgehead atoms. The average molecular weight is 239 g/mol. The summed E-state index contributed by atoms with van der Waals surface area (Å²) in [5.74, 6) is 0. The minimum Gasteiger partial charge on any atom is -0.314 e. The monoisotopic (exact) mass is 239 g/mol. The fourth-order valence-electron chi connectivity index (χ4n) is 3.08. The van der Waals surface area contributed by atoms with Crippen molar-refractivity contribution in [1.82, 2.24) is 15.5 Å². The van der Waals surface area contributed by atoms with Gasteiger partial charge in [-0.15, -0.1) is 0 Å². The van der Waals surface area contributed by atoms with E-state index in [1.54, 1.807) is 0 Å². The molecule has 2 aliphatic rings. The molecule has 17 heavy (non-hydrogen) atoms.